The molecule has 4 heteroatoms. The van der Waals surface area contributed by atoms with Crippen LogP contribution in [-0.4, -0.2) is 25.2 Å². The van der Waals surface area contributed by atoms with Crippen LogP contribution in [0.2, 0.25) is 0 Å². The van der Waals surface area contributed by atoms with Gasteiger partial charge >= 0.3 is 11.9 Å². The van der Waals surface area contributed by atoms with E-state index in [-0.39, 0.29) is 11.9 Å². The molecule has 0 rings (SSSR count). The average Bonchev–Trinajstić information content (AvgIpc) is 2.60. The number of carbonyl (C=O) groups is 2. The molecular weight excluding hydrogens is 316 g/mol. The first-order valence-corrected chi connectivity index (χ1v) is 10.2. The van der Waals surface area contributed by atoms with E-state index in [0.717, 1.165) is 44.9 Å². The molecule has 0 aliphatic carbocycles. The normalized spacial score (nSPS) is 11.8. The predicted molar refractivity (Wildman–Crippen MR) is 102 cm³/mol. The van der Waals surface area contributed by atoms with E-state index in [1.54, 1.807) is 0 Å². The molecule has 0 saturated heterocycles. The van der Waals surface area contributed by atoms with Crippen molar-refractivity contribution in [2.75, 3.05) is 13.2 Å². The van der Waals surface area contributed by atoms with E-state index in [1.165, 1.54) is 12.8 Å². The Kier molecular flexibility index (Phi) is 15.3. The maximum absolute atomic E-state index is 12.5. The van der Waals surface area contributed by atoms with Gasteiger partial charge < -0.3 is 9.47 Å². The van der Waals surface area contributed by atoms with Gasteiger partial charge in [0.2, 0.25) is 0 Å². The highest BCUT2D eigenvalue weighted by molar-refractivity contribution is 6.00. The molecule has 25 heavy (non-hydrogen) atoms. The minimum Gasteiger partial charge on any atom is -0.462 e. The van der Waals surface area contributed by atoms with Crippen LogP contribution in [-0.2, 0) is 19.1 Å². The molecule has 0 radical (unpaired) electrons. The molecule has 0 aromatic carbocycles. The molecule has 0 atom stereocenters. The molecule has 0 fully saturated rings. The van der Waals surface area contributed by atoms with Gasteiger partial charge in [0.1, 0.15) is 0 Å². The van der Waals surface area contributed by atoms with Gasteiger partial charge in [0, 0.05) is 11.1 Å². The summed E-state index contributed by atoms with van der Waals surface area (Å²) in [5, 5.41) is 0. The molecule has 0 amide bonds. The molecule has 0 aromatic rings. The number of rotatable bonds is 15. The highest BCUT2D eigenvalue weighted by Gasteiger charge is 2.21. The number of unbranched alkanes of at least 4 members (excludes halogenated alkanes) is 6. The number of esters is 2. The number of hydrogen-bond donors (Lipinski definition) is 0. The van der Waals surface area contributed by atoms with Gasteiger partial charge in [-0.05, 0) is 32.1 Å². The van der Waals surface area contributed by atoms with Gasteiger partial charge in [-0.1, -0.05) is 66.2 Å². The molecule has 0 aliphatic heterocycles. The van der Waals surface area contributed by atoms with Crippen LogP contribution in [0.5, 0.6) is 0 Å². The van der Waals surface area contributed by atoms with Crippen molar-refractivity contribution in [3.8, 4) is 0 Å². The lowest BCUT2D eigenvalue weighted by Crippen LogP contribution is -2.17. The summed E-state index contributed by atoms with van der Waals surface area (Å²) in [6.45, 7) is 9.01. The second kappa shape index (κ2) is 16.2. The summed E-state index contributed by atoms with van der Waals surface area (Å²) in [5.41, 5.74) is 1.02. The van der Waals surface area contributed by atoms with Crippen molar-refractivity contribution in [3.63, 3.8) is 0 Å². The monoisotopic (exact) mass is 354 g/mol. The number of hydrogen-bond acceptors (Lipinski definition) is 4. The zero-order valence-electron chi connectivity index (χ0n) is 16.8. The Morgan fingerprint density at radius 2 is 1.08 bits per heavy atom. The van der Waals surface area contributed by atoms with Crippen LogP contribution >= 0.6 is 0 Å². The van der Waals surface area contributed by atoms with Crippen molar-refractivity contribution in [2.24, 2.45) is 0 Å². The molecule has 0 bridgehead atoms. The third-order valence-corrected chi connectivity index (χ3v) is 4.20. The van der Waals surface area contributed by atoms with E-state index in [4.69, 9.17) is 9.47 Å². The highest BCUT2D eigenvalue weighted by Crippen LogP contribution is 2.20. The second-order valence-electron chi connectivity index (χ2n) is 6.45. The van der Waals surface area contributed by atoms with E-state index >= 15 is 0 Å². The Hall–Kier alpha value is -1.32. The Bertz CT molecular complexity index is 399. The van der Waals surface area contributed by atoms with Crippen molar-refractivity contribution in [1.29, 1.82) is 0 Å². The van der Waals surface area contributed by atoms with Gasteiger partial charge in [-0.3, -0.25) is 0 Å². The van der Waals surface area contributed by atoms with Crippen molar-refractivity contribution < 1.29 is 19.1 Å². The van der Waals surface area contributed by atoms with Crippen LogP contribution in [0, 0.1) is 0 Å². The summed E-state index contributed by atoms with van der Waals surface area (Å²) in [5.74, 6) is -0.694. The zero-order chi connectivity index (χ0) is 18.9. The summed E-state index contributed by atoms with van der Waals surface area (Å²) < 4.78 is 10.7. The first-order valence-electron chi connectivity index (χ1n) is 10.2. The van der Waals surface area contributed by atoms with Crippen molar-refractivity contribution >= 4 is 11.9 Å². The van der Waals surface area contributed by atoms with E-state index < -0.39 is 0 Å². The fourth-order valence-corrected chi connectivity index (χ4v) is 2.56. The molecule has 0 aromatic heterocycles. The first-order chi connectivity index (χ1) is 12.1. The van der Waals surface area contributed by atoms with E-state index in [9.17, 15) is 9.59 Å². The summed E-state index contributed by atoms with van der Waals surface area (Å²) in [7, 11) is 0. The lowest BCUT2D eigenvalue weighted by atomic mass is 9.99. The van der Waals surface area contributed by atoms with Gasteiger partial charge in [0.15, 0.2) is 0 Å². The largest absolute Gasteiger partial charge is 0.462 e. The molecule has 0 spiro atoms. The lowest BCUT2D eigenvalue weighted by Gasteiger charge is -2.14. The molecule has 146 valence electrons. The predicted octanol–water partition coefficient (Wildman–Crippen LogP) is 5.74. The van der Waals surface area contributed by atoms with Crippen LogP contribution in [0.15, 0.2) is 11.1 Å². The van der Waals surface area contributed by atoms with Gasteiger partial charge in [-0.25, -0.2) is 9.59 Å². The van der Waals surface area contributed by atoms with Crippen LogP contribution in [0.3, 0.4) is 0 Å². The maximum Gasteiger partial charge on any atom is 0.334 e. The SMILES string of the molecule is CCCCCCC/C(C(=O)OCCCC)=C(\CC)C(=O)OCCCC. The highest BCUT2D eigenvalue weighted by atomic mass is 16.5. The van der Waals surface area contributed by atoms with Crippen molar-refractivity contribution in [3.05, 3.63) is 11.1 Å². The smallest absolute Gasteiger partial charge is 0.334 e. The van der Waals surface area contributed by atoms with Gasteiger partial charge in [-0.2, -0.15) is 0 Å². The van der Waals surface area contributed by atoms with Gasteiger partial charge in [-0.15, -0.1) is 0 Å². The standard InChI is InChI=1S/C21H38O4/c1-5-9-12-13-14-15-19(21(23)25-17-11-7-3)18(8-4)20(22)24-16-10-6-2/h5-17H2,1-4H3/b19-18-. The number of ether oxygens (including phenoxy) is 2. The average molecular weight is 355 g/mol. The Labute approximate surface area is 154 Å². The zero-order valence-corrected chi connectivity index (χ0v) is 16.8. The minimum absolute atomic E-state index is 0.340. The van der Waals surface area contributed by atoms with Crippen LogP contribution in [0.4, 0.5) is 0 Å². The quantitative estimate of drug-likeness (QED) is 0.214. The molecule has 0 heterocycles. The van der Waals surface area contributed by atoms with Crippen LogP contribution in [0.1, 0.15) is 98.3 Å². The fraction of sp³-hybridized carbons (Fsp3) is 0.810. The third kappa shape index (κ3) is 11.0. The summed E-state index contributed by atoms with van der Waals surface area (Å²) >= 11 is 0. The summed E-state index contributed by atoms with van der Waals surface area (Å²) in [4.78, 5) is 24.9. The molecular formula is C21H38O4. The number of carbonyl (C=O) groups excluding carboxylic acids is 2. The summed E-state index contributed by atoms with van der Waals surface area (Å²) in [6.07, 6.45) is 10.3. The molecule has 4 nitrogen and oxygen atoms in total. The van der Waals surface area contributed by atoms with Gasteiger partial charge in [0.05, 0.1) is 13.2 Å². The molecule has 0 unspecified atom stereocenters. The third-order valence-electron chi connectivity index (χ3n) is 4.20. The van der Waals surface area contributed by atoms with Crippen LogP contribution < -0.4 is 0 Å². The van der Waals surface area contributed by atoms with Gasteiger partial charge in [0.25, 0.3) is 0 Å². The summed E-state index contributed by atoms with van der Waals surface area (Å²) in [6, 6.07) is 0. The lowest BCUT2D eigenvalue weighted by molar-refractivity contribution is -0.142. The maximum atomic E-state index is 12.5. The molecule has 0 saturated carbocycles. The van der Waals surface area contributed by atoms with Crippen molar-refractivity contribution in [2.45, 2.75) is 98.3 Å². The topological polar surface area (TPSA) is 52.6 Å². The molecule has 0 aliphatic rings. The van der Waals surface area contributed by atoms with E-state index in [2.05, 4.69) is 20.8 Å². The van der Waals surface area contributed by atoms with Crippen molar-refractivity contribution in [1.82, 2.24) is 0 Å². The van der Waals surface area contributed by atoms with Crippen LogP contribution in [0.25, 0.3) is 0 Å². The Morgan fingerprint density at radius 3 is 1.56 bits per heavy atom. The first kappa shape index (κ1) is 23.7. The van der Waals surface area contributed by atoms with E-state index in [0.29, 0.717) is 37.2 Å². The minimum atomic E-state index is -0.355. The van der Waals surface area contributed by atoms with E-state index in [1.807, 2.05) is 6.92 Å². The molecule has 0 N–H and O–H groups in total. The second-order valence-corrected chi connectivity index (χ2v) is 6.45. The Morgan fingerprint density at radius 1 is 0.600 bits per heavy atom. The fourth-order valence-electron chi connectivity index (χ4n) is 2.56. The Balaban J connectivity index is 4.98.